The minimum absolute atomic E-state index is 0. The van der Waals surface area contributed by atoms with Crippen LogP contribution in [-0.4, -0.2) is 16.9 Å². The van der Waals surface area contributed by atoms with Crippen molar-refractivity contribution in [3.05, 3.63) is 41.6 Å². The number of hydrogen-bond donors (Lipinski definition) is 1. The standard InChI is InChI=1S/C13H17N3O.ClH/c1-10-8-15-16(2)13(10)14-9-11-5-4-6-12(7-11)17-3;/h4-8,14H,9H2,1-3H3;1H. The lowest BCUT2D eigenvalue weighted by molar-refractivity contribution is 0.414. The van der Waals surface area contributed by atoms with Crippen LogP contribution < -0.4 is 10.1 Å². The first-order chi connectivity index (χ1) is 8.20. The van der Waals surface area contributed by atoms with Crippen molar-refractivity contribution in [3.8, 4) is 5.75 Å². The monoisotopic (exact) mass is 267 g/mol. The molecule has 5 heteroatoms. The molecule has 4 nitrogen and oxygen atoms in total. The Hall–Kier alpha value is -1.68. The Morgan fingerprint density at radius 1 is 1.39 bits per heavy atom. The highest BCUT2D eigenvalue weighted by atomic mass is 35.5. The van der Waals surface area contributed by atoms with Gasteiger partial charge in [0.05, 0.1) is 13.3 Å². The van der Waals surface area contributed by atoms with Crippen LogP contribution in [0.3, 0.4) is 0 Å². The van der Waals surface area contributed by atoms with Gasteiger partial charge in [-0.1, -0.05) is 12.1 Å². The van der Waals surface area contributed by atoms with Gasteiger partial charge in [0.1, 0.15) is 11.6 Å². The molecule has 0 bridgehead atoms. The van der Waals surface area contributed by atoms with Gasteiger partial charge in [0.25, 0.3) is 0 Å². The molecule has 0 fully saturated rings. The van der Waals surface area contributed by atoms with Crippen LogP contribution in [0.25, 0.3) is 0 Å². The fourth-order valence-corrected chi connectivity index (χ4v) is 1.77. The summed E-state index contributed by atoms with van der Waals surface area (Å²) in [5.41, 5.74) is 2.33. The maximum atomic E-state index is 5.19. The summed E-state index contributed by atoms with van der Waals surface area (Å²) in [6, 6.07) is 8.03. The molecule has 1 aromatic carbocycles. The van der Waals surface area contributed by atoms with Crippen molar-refractivity contribution in [1.29, 1.82) is 0 Å². The number of methoxy groups -OCH3 is 1. The number of aromatic nitrogens is 2. The molecule has 0 aliphatic carbocycles. The molecular formula is C13H18ClN3O. The SMILES string of the molecule is COc1cccc(CNc2c(C)cnn2C)c1.Cl. The summed E-state index contributed by atoms with van der Waals surface area (Å²) >= 11 is 0. The van der Waals surface area contributed by atoms with Gasteiger partial charge in [0, 0.05) is 19.2 Å². The Bertz CT molecular complexity index is 491. The third-order valence-corrected chi connectivity index (χ3v) is 2.72. The fourth-order valence-electron chi connectivity index (χ4n) is 1.77. The van der Waals surface area contributed by atoms with Gasteiger partial charge in [-0.25, -0.2) is 0 Å². The summed E-state index contributed by atoms with van der Waals surface area (Å²) in [4.78, 5) is 0. The number of ether oxygens (including phenoxy) is 1. The van der Waals surface area contributed by atoms with Gasteiger partial charge in [-0.3, -0.25) is 4.68 Å². The quantitative estimate of drug-likeness (QED) is 0.926. The highest BCUT2D eigenvalue weighted by Crippen LogP contribution is 2.16. The van der Waals surface area contributed by atoms with Crippen LogP contribution in [0.4, 0.5) is 5.82 Å². The number of aryl methyl sites for hydroxylation is 2. The highest BCUT2D eigenvalue weighted by molar-refractivity contribution is 5.85. The molecule has 0 aliphatic rings. The average Bonchev–Trinajstić information content (AvgIpc) is 2.67. The Labute approximate surface area is 113 Å². The van der Waals surface area contributed by atoms with E-state index < -0.39 is 0 Å². The van der Waals surface area contributed by atoms with Crippen molar-refractivity contribution in [2.45, 2.75) is 13.5 Å². The molecule has 1 N–H and O–H groups in total. The molecule has 0 saturated heterocycles. The molecule has 18 heavy (non-hydrogen) atoms. The molecule has 1 aromatic heterocycles. The van der Waals surface area contributed by atoms with Gasteiger partial charge in [0.2, 0.25) is 0 Å². The van der Waals surface area contributed by atoms with E-state index in [9.17, 15) is 0 Å². The van der Waals surface area contributed by atoms with Crippen LogP contribution in [0, 0.1) is 6.92 Å². The average molecular weight is 268 g/mol. The number of benzene rings is 1. The van der Waals surface area contributed by atoms with E-state index in [2.05, 4.69) is 16.5 Å². The first-order valence-electron chi connectivity index (χ1n) is 5.56. The lowest BCUT2D eigenvalue weighted by atomic mass is 10.2. The summed E-state index contributed by atoms with van der Waals surface area (Å²) in [6.07, 6.45) is 1.86. The second-order valence-electron chi connectivity index (χ2n) is 4.00. The largest absolute Gasteiger partial charge is 0.497 e. The van der Waals surface area contributed by atoms with Crippen molar-refractivity contribution in [1.82, 2.24) is 9.78 Å². The number of nitrogens with one attached hydrogen (secondary N) is 1. The zero-order valence-corrected chi connectivity index (χ0v) is 11.6. The highest BCUT2D eigenvalue weighted by Gasteiger charge is 2.03. The van der Waals surface area contributed by atoms with E-state index in [1.54, 1.807) is 7.11 Å². The Morgan fingerprint density at radius 3 is 2.78 bits per heavy atom. The van der Waals surface area contributed by atoms with Gasteiger partial charge >= 0.3 is 0 Å². The Balaban J connectivity index is 0.00000162. The molecule has 1 heterocycles. The lowest BCUT2D eigenvalue weighted by Gasteiger charge is -2.09. The molecule has 0 unspecified atom stereocenters. The van der Waals surface area contributed by atoms with Gasteiger partial charge in [-0.05, 0) is 24.6 Å². The number of hydrogen-bond acceptors (Lipinski definition) is 3. The molecule has 0 saturated carbocycles. The minimum Gasteiger partial charge on any atom is -0.497 e. The molecule has 0 atom stereocenters. The van der Waals surface area contributed by atoms with Crippen molar-refractivity contribution in [2.75, 3.05) is 12.4 Å². The van der Waals surface area contributed by atoms with Crippen LogP contribution in [0.15, 0.2) is 30.5 Å². The zero-order valence-electron chi connectivity index (χ0n) is 10.8. The van der Waals surface area contributed by atoms with Crippen LogP contribution in [0.2, 0.25) is 0 Å². The number of halogens is 1. The minimum atomic E-state index is 0. The van der Waals surface area contributed by atoms with E-state index in [-0.39, 0.29) is 12.4 Å². The van der Waals surface area contributed by atoms with Crippen LogP contribution in [0.1, 0.15) is 11.1 Å². The third kappa shape index (κ3) is 3.17. The van der Waals surface area contributed by atoms with Crippen molar-refractivity contribution < 1.29 is 4.74 Å². The van der Waals surface area contributed by atoms with Gasteiger partial charge in [-0.2, -0.15) is 5.10 Å². The topological polar surface area (TPSA) is 39.1 Å². The van der Waals surface area contributed by atoms with E-state index in [0.717, 1.165) is 23.7 Å². The van der Waals surface area contributed by atoms with Crippen LogP contribution >= 0.6 is 12.4 Å². The summed E-state index contributed by atoms with van der Waals surface area (Å²) in [5.74, 6) is 1.93. The van der Waals surface area contributed by atoms with Gasteiger partial charge in [-0.15, -0.1) is 12.4 Å². The predicted octanol–water partition coefficient (Wildman–Crippen LogP) is 2.77. The zero-order chi connectivity index (χ0) is 12.3. The first kappa shape index (κ1) is 14.4. The Kier molecular flexibility index (Phi) is 5.04. The van der Waals surface area contributed by atoms with E-state index in [0.29, 0.717) is 0 Å². The number of rotatable bonds is 4. The van der Waals surface area contributed by atoms with E-state index in [1.165, 1.54) is 5.56 Å². The van der Waals surface area contributed by atoms with Crippen LogP contribution in [-0.2, 0) is 13.6 Å². The summed E-state index contributed by atoms with van der Waals surface area (Å²) < 4.78 is 7.04. The van der Waals surface area contributed by atoms with Crippen LogP contribution in [0.5, 0.6) is 5.75 Å². The first-order valence-corrected chi connectivity index (χ1v) is 5.56. The van der Waals surface area contributed by atoms with Crippen molar-refractivity contribution in [2.24, 2.45) is 7.05 Å². The predicted molar refractivity (Wildman–Crippen MR) is 75.5 cm³/mol. The molecule has 0 amide bonds. The van der Waals surface area contributed by atoms with E-state index >= 15 is 0 Å². The molecule has 2 rings (SSSR count). The summed E-state index contributed by atoms with van der Waals surface area (Å²) in [5, 5.41) is 7.57. The molecule has 0 aliphatic heterocycles. The van der Waals surface area contributed by atoms with E-state index in [4.69, 9.17) is 4.74 Å². The maximum Gasteiger partial charge on any atom is 0.127 e. The second kappa shape index (κ2) is 6.31. The molecule has 0 spiro atoms. The smallest absolute Gasteiger partial charge is 0.127 e. The van der Waals surface area contributed by atoms with Gasteiger partial charge < -0.3 is 10.1 Å². The van der Waals surface area contributed by atoms with E-state index in [1.807, 2.05) is 43.0 Å². The molecule has 2 aromatic rings. The Morgan fingerprint density at radius 2 is 2.17 bits per heavy atom. The van der Waals surface area contributed by atoms with Crippen molar-refractivity contribution in [3.63, 3.8) is 0 Å². The fraction of sp³-hybridized carbons (Fsp3) is 0.308. The second-order valence-corrected chi connectivity index (χ2v) is 4.00. The van der Waals surface area contributed by atoms with Crippen molar-refractivity contribution >= 4 is 18.2 Å². The number of anilines is 1. The molecule has 0 radical (unpaired) electrons. The lowest BCUT2D eigenvalue weighted by Crippen LogP contribution is -2.05. The maximum absolute atomic E-state index is 5.19. The molecular weight excluding hydrogens is 250 g/mol. The third-order valence-electron chi connectivity index (χ3n) is 2.72. The number of nitrogens with zero attached hydrogens (tertiary/aromatic N) is 2. The van der Waals surface area contributed by atoms with Gasteiger partial charge in [0.15, 0.2) is 0 Å². The summed E-state index contributed by atoms with van der Waals surface area (Å²) in [6.45, 7) is 2.80. The molecule has 98 valence electrons. The normalized spacial score (nSPS) is 9.72. The summed E-state index contributed by atoms with van der Waals surface area (Å²) in [7, 11) is 3.61.